The van der Waals surface area contributed by atoms with Crippen molar-refractivity contribution in [3.63, 3.8) is 0 Å². The third-order valence-corrected chi connectivity index (χ3v) is 8.36. The van der Waals surface area contributed by atoms with E-state index in [-0.39, 0.29) is 29.3 Å². The lowest BCUT2D eigenvalue weighted by molar-refractivity contribution is -0.130. The van der Waals surface area contributed by atoms with Crippen molar-refractivity contribution >= 4 is 27.5 Å². The predicted molar refractivity (Wildman–Crippen MR) is 110 cm³/mol. The first kappa shape index (κ1) is 20.3. The average molecular weight is 420 g/mol. The molecule has 0 saturated carbocycles. The molecule has 2 fully saturated rings. The molecule has 0 N–H and O–H groups in total. The maximum atomic E-state index is 13.2. The summed E-state index contributed by atoms with van der Waals surface area (Å²) in [5, 5.41) is 0. The summed E-state index contributed by atoms with van der Waals surface area (Å²) >= 11 is 0. The van der Waals surface area contributed by atoms with Gasteiger partial charge in [-0.25, -0.2) is 8.42 Å². The lowest BCUT2D eigenvalue weighted by atomic mass is 10.0. The summed E-state index contributed by atoms with van der Waals surface area (Å²) in [6.45, 7) is 4.04. The zero-order valence-corrected chi connectivity index (χ0v) is 17.8. The van der Waals surface area contributed by atoms with Crippen molar-refractivity contribution in [1.82, 2.24) is 9.21 Å². The molecular formula is C21H29N3O4S. The SMILES string of the molecule is CC1CCCCN1S(=O)(=O)c1ccc2c(c1)CCC(=O)N2CC(=O)N1CCCC1. The zero-order valence-electron chi connectivity index (χ0n) is 17.0. The van der Waals surface area contributed by atoms with E-state index < -0.39 is 10.0 Å². The summed E-state index contributed by atoms with van der Waals surface area (Å²) in [4.78, 5) is 28.7. The predicted octanol–water partition coefficient (Wildman–Crippen LogP) is 2.15. The number of benzene rings is 1. The normalized spacial score (nSPS) is 23.3. The van der Waals surface area contributed by atoms with Gasteiger partial charge in [-0.15, -0.1) is 0 Å². The van der Waals surface area contributed by atoms with Crippen molar-refractivity contribution in [2.24, 2.45) is 0 Å². The Morgan fingerprint density at radius 1 is 1.07 bits per heavy atom. The Morgan fingerprint density at radius 3 is 2.52 bits per heavy atom. The molecule has 0 bridgehead atoms. The number of fused-ring (bicyclic) bond motifs is 1. The largest absolute Gasteiger partial charge is 0.341 e. The number of likely N-dealkylation sites (tertiary alicyclic amines) is 1. The van der Waals surface area contributed by atoms with E-state index in [4.69, 9.17) is 0 Å². The number of carbonyl (C=O) groups excluding carboxylic acids is 2. The van der Waals surface area contributed by atoms with Crippen molar-refractivity contribution in [2.45, 2.75) is 62.8 Å². The number of carbonyl (C=O) groups is 2. The van der Waals surface area contributed by atoms with Gasteiger partial charge in [-0.1, -0.05) is 6.42 Å². The van der Waals surface area contributed by atoms with Crippen LogP contribution in [0.3, 0.4) is 0 Å². The van der Waals surface area contributed by atoms with Gasteiger partial charge in [-0.2, -0.15) is 4.31 Å². The minimum Gasteiger partial charge on any atom is -0.341 e. The van der Waals surface area contributed by atoms with Gasteiger partial charge < -0.3 is 9.80 Å². The van der Waals surface area contributed by atoms with Crippen LogP contribution in [0, 0.1) is 0 Å². The Hall–Kier alpha value is -1.93. The van der Waals surface area contributed by atoms with Gasteiger partial charge >= 0.3 is 0 Å². The first-order valence-corrected chi connectivity index (χ1v) is 12.0. The second kappa shape index (κ2) is 8.07. The molecule has 3 aliphatic rings. The van der Waals surface area contributed by atoms with Gasteiger partial charge in [0.25, 0.3) is 0 Å². The molecule has 4 rings (SSSR count). The Balaban J connectivity index is 1.59. The van der Waals surface area contributed by atoms with Crippen LogP contribution in [0.2, 0.25) is 0 Å². The molecule has 3 aliphatic heterocycles. The van der Waals surface area contributed by atoms with Crippen molar-refractivity contribution in [3.8, 4) is 0 Å². The highest BCUT2D eigenvalue weighted by atomic mass is 32.2. The van der Waals surface area contributed by atoms with E-state index in [1.54, 1.807) is 27.4 Å². The van der Waals surface area contributed by atoms with Gasteiger partial charge in [-0.05, 0) is 62.8 Å². The van der Waals surface area contributed by atoms with Crippen LogP contribution < -0.4 is 4.90 Å². The smallest absolute Gasteiger partial charge is 0.243 e. The molecule has 3 heterocycles. The van der Waals surface area contributed by atoms with Gasteiger partial charge in [0, 0.05) is 37.8 Å². The standard InChI is InChI=1S/C21H29N3O4S/c1-16-6-2-3-13-24(16)29(27,28)18-8-9-19-17(14-18)7-10-20(25)23(19)15-21(26)22-11-4-5-12-22/h8-9,14,16H,2-7,10-13,15H2,1H3. The van der Waals surface area contributed by atoms with Gasteiger partial charge in [0.1, 0.15) is 6.54 Å². The first-order chi connectivity index (χ1) is 13.9. The summed E-state index contributed by atoms with van der Waals surface area (Å²) in [6, 6.07) is 4.99. The quantitative estimate of drug-likeness (QED) is 0.749. The molecule has 1 atom stereocenters. The number of amides is 2. The van der Waals surface area contributed by atoms with E-state index in [0.717, 1.165) is 50.8 Å². The summed E-state index contributed by atoms with van der Waals surface area (Å²) in [5.74, 6) is -0.118. The van der Waals surface area contributed by atoms with Crippen LogP contribution in [0.25, 0.3) is 0 Å². The van der Waals surface area contributed by atoms with Crippen LogP contribution in [-0.4, -0.2) is 61.7 Å². The highest BCUT2D eigenvalue weighted by Gasteiger charge is 2.33. The highest BCUT2D eigenvalue weighted by molar-refractivity contribution is 7.89. The lowest BCUT2D eigenvalue weighted by Gasteiger charge is -2.33. The highest BCUT2D eigenvalue weighted by Crippen LogP contribution is 2.32. The Morgan fingerprint density at radius 2 is 1.79 bits per heavy atom. The fraction of sp³-hybridized carbons (Fsp3) is 0.619. The number of piperidine rings is 1. The molecule has 8 heteroatoms. The summed E-state index contributed by atoms with van der Waals surface area (Å²) in [5.41, 5.74) is 1.49. The van der Waals surface area contributed by atoms with Crippen LogP contribution >= 0.6 is 0 Å². The van der Waals surface area contributed by atoms with E-state index in [0.29, 0.717) is 25.1 Å². The van der Waals surface area contributed by atoms with Crippen molar-refractivity contribution < 1.29 is 18.0 Å². The number of nitrogens with zero attached hydrogens (tertiary/aromatic N) is 3. The third kappa shape index (κ3) is 3.92. The van der Waals surface area contributed by atoms with Crippen molar-refractivity contribution in [1.29, 1.82) is 0 Å². The number of sulfonamides is 1. The molecule has 1 aromatic carbocycles. The summed E-state index contributed by atoms with van der Waals surface area (Å²) < 4.78 is 27.9. The third-order valence-electron chi connectivity index (χ3n) is 6.35. The van der Waals surface area contributed by atoms with Crippen LogP contribution in [0.1, 0.15) is 51.0 Å². The van der Waals surface area contributed by atoms with Gasteiger partial charge in [0.05, 0.1) is 4.90 Å². The van der Waals surface area contributed by atoms with Crippen LogP contribution in [0.4, 0.5) is 5.69 Å². The topological polar surface area (TPSA) is 78.0 Å². The molecule has 2 amide bonds. The fourth-order valence-electron chi connectivity index (χ4n) is 4.64. The molecule has 7 nitrogen and oxygen atoms in total. The second-order valence-electron chi connectivity index (χ2n) is 8.32. The molecule has 158 valence electrons. The molecule has 2 saturated heterocycles. The number of anilines is 1. The lowest BCUT2D eigenvalue weighted by Crippen LogP contribution is -2.44. The van der Waals surface area contributed by atoms with E-state index in [9.17, 15) is 18.0 Å². The maximum absolute atomic E-state index is 13.2. The molecule has 1 unspecified atom stereocenters. The Labute approximate surface area is 172 Å². The molecule has 0 spiro atoms. The van der Waals surface area contributed by atoms with Crippen molar-refractivity contribution in [3.05, 3.63) is 23.8 Å². The van der Waals surface area contributed by atoms with E-state index in [1.165, 1.54) is 4.90 Å². The van der Waals surface area contributed by atoms with Gasteiger partial charge in [0.2, 0.25) is 21.8 Å². The monoisotopic (exact) mass is 419 g/mol. The minimum absolute atomic E-state index is 0.000872. The molecular weight excluding hydrogens is 390 g/mol. The molecule has 0 aliphatic carbocycles. The summed E-state index contributed by atoms with van der Waals surface area (Å²) in [6.07, 6.45) is 5.63. The molecule has 29 heavy (non-hydrogen) atoms. The maximum Gasteiger partial charge on any atom is 0.243 e. The fourth-order valence-corrected chi connectivity index (χ4v) is 6.39. The van der Waals surface area contributed by atoms with Crippen LogP contribution in [0.15, 0.2) is 23.1 Å². The number of hydrogen-bond donors (Lipinski definition) is 0. The summed E-state index contributed by atoms with van der Waals surface area (Å²) in [7, 11) is -3.56. The molecule has 0 radical (unpaired) electrons. The number of rotatable bonds is 4. The molecule has 1 aromatic rings. The van der Waals surface area contributed by atoms with E-state index in [1.807, 2.05) is 6.92 Å². The number of aryl methyl sites for hydroxylation is 1. The number of hydrogen-bond acceptors (Lipinski definition) is 4. The van der Waals surface area contributed by atoms with Crippen molar-refractivity contribution in [2.75, 3.05) is 31.1 Å². The minimum atomic E-state index is -3.56. The van der Waals surface area contributed by atoms with Gasteiger partial charge in [-0.3, -0.25) is 9.59 Å². The Bertz CT molecular complexity index is 909. The second-order valence-corrected chi connectivity index (χ2v) is 10.2. The Kier molecular flexibility index (Phi) is 5.66. The van der Waals surface area contributed by atoms with E-state index >= 15 is 0 Å². The van der Waals surface area contributed by atoms with Crippen LogP contribution in [-0.2, 0) is 26.0 Å². The zero-order chi connectivity index (χ0) is 20.6. The molecule has 0 aromatic heterocycles. The van der Waals surface area contributed by atoms with Gasteiger partial charge in [0.15, 0.2) is 0 Å². The average Bonchev–Trinajstić information content (AvgIpc) is 3.25. The van der Waals surface area contributed by atoms with Crippen LogP contribution in [0.5, 0.6) is 0 Å². The van der Waals surface area contributed by atoms with E-state index in [2.05, 4.69) is 0 Å². The first-order valence-electron chi connectivity index (χ1n) is 10.6.